The minimum absolute atomic E-state index is 0.0162. The zero-order valence-corrected chi connectivity index (χ0v) is 12.6. The van der Waals surface area contributed by atoms with E-state index >= 15 is 0 Å². The molecule has 0 spiro atoms. The molecule has 0 saturated heterocycles. The van der Waals surface area contributed by atoms with Gasteiger partial charge in [0.2, 0.25) is 0 Å². The maximum atomic E-state index is 11.4. The third-order valence-corrected chi connectivity index (χ3v) is 1.89. The van der Waals surface area contributed by atoms with Crippen LogP contribution in [0.4, 0.5) is 4.79 Å². The molecule has 0 bridgehead atoms. The van der Waals surface area contributed by atoms with Crippen molar-refractivity contribution in [1.82, 2.24) is 10.6 Å². The van der Waals surface area contributed by atoms with Gasteiger partial charge in [-0.3, -0.25) is 4.79 Å². The largest absolute Gasteiger partial charge is 0.480 e. The fourth-order valence-corrected chi connectivity index (χ4v) is 1.14. The molecule has 8 nitrogen and oxygen atoms in total. The predicted molar refractivity (Wildman–Crippen MR) is 74.2 cm³/mol. The summed E-state index contributed by atoms with van der Waals surface area (Å²) in [5.41, 5.74) is 3.89. The number of hydrogen-bond donors (Lipinski definition) is 4. The zero-order chi connectivity index (χ0) is 16.3. The fraction of sp³-hybridized carbons (Fsp3) is 0.750. The van der Waals surface area contributed by atoms with Gasteiger partial charge in [0.25, 0.3) is 0 Å². The molecule has 0 radical (unpaired) electrons. The van der Waals surface area contributed by atoms with Gasteiger partial charge >= 0.3 is 18.0 Å². The molecule has 118 valence electrons. The highest BCUT2D eigenvalue weighted by Crippen LogP contribution is 2.10. The second-order valence-electron chi connectivity index (χ2n) is 4.74. The van der Waals surface area contributed by atoms with E-state index in [1.807, 2.05) is 0 Å². The van der Waals surface area contributed by atoms with Gasteiger partial charge in [-0.25, -0.2) is 9.59 Å². The van der Waals surface area contributed by atoms with Crippen LogP contribution in [0.25, 0.3) is 0 Å². The number of urea groups is 1. The molecule has 0 fully saturated rings. The number of nitrogens with one attached hydrogen (secondary N) is 2. The lowest BCUT2D eigenvalue weighted by Crippen LogP contribution is -2.45. The summed E-state index contributed by atoms with van der Waals surface area (Å²) >= 11 is 0. The minimum atomic E-state index is -1.19. The van der Waals surface area contributed by atoms with Gasteiger partial charge in [0.15, 0.2) is 0 Å². The minimum Gasteiger partial charge on any atom is -0.480 e. The van der Waals surface area contributed by atoms with Crippen LogP contribution in [-0.2, 0) is 14.3 Å². The third kappa shape index (κ3) is 11.3. The molecular formula is C12H25N3O5. The topological polar surface area (TPSA) is 131 Å². The van der Waals surface area contributed by atoms with Crippen molar-refractivity contribution < 1.29 is 24.2 Å². The number of carbonyl (C=O) groups is 3. The number of amides is 2. The number of ether oxygens (including phenoxy) is 1. The number of carbonyl (C=O) groups excluding carboxylic acids is 2. The molecule has 5 N–H and O–H groups in total. The Labute approximate surface area is 119 Å². The molecule has 2 amide bonds. The summed E-state index contributed by atoms with van der Waals surface area (Å²) in [5.74, 6) is -1.69. The number of hydrogen-bond acceptors (Lipinski definition) is 5. The van der Waals surface area contributed by atoms with Crippen LogP contribution in [0.3, 0.4) is 0 Å². The highest BCUT2D eigenvalue weighted by atomic mass is 16.6. The van der Waals surface area contributed by atoms with Crippen molar-refractivity contribution in [2.45, 2.75) is 45.3 Å². The molecule has 0 heterocycles. The monoisotopic (exact) mass is 291 g/mol. The summed E-state index contributed by atoms with van der Waals surface area (Å²) in [6, 6.07) is -1.72. The molecular weight excluding hydrogens is 266 g/mol. The molecule has 0 rings (SSSR count). The Morgan fingerprint density at radius 1 is 1.25 bits per heavy atom. The van der Waals surface area contributed by atoms with E-state index in [4.69, 9.17) is 9.84 Å². The van der Waals surface area contributed by atoms with Crippen LogP contribution in [0.15, 0.2) is 0 Å². The summed E-state index contributed by atoms with van der Waals surface area (Å²) in [6.45, 7) is 5.17. The van der Waals surface area contributed by atoms with Gasteiger partial charge < -0.3 is 26.2 Å². The molecule has 0 aliphatic heterocycles. The SMILES string of the molecule is CN.CNC(=O)NC(CCC(=O)OC(C)(C)C)C(=O)O. The summed E-state index contributed by atoms with van der Waals surface area (Å²) in [6.07, 6.45) is -0.0874. The summed E-state index contributed by atoms with van der Waals surface area (Å²) < 4.78 is 5.04. The van der Waals surface area contributed by atoms with Crippen molar-refractivity contribution >= 4 is 18.0 Å². The molecule has 1 unspecified atom stereocenters. The quantitative estimate of drug-likeness (QED) is 0.530. The number of aliphatic carboxylic acids is 1. The van der Waals surface area contributed by atoms with Crippen molar-refractivity contribution in [2.75, 3.05) is 14.1 Å². The lowest BCUT2D eigenvalue weighted by atomic mass is 10.1. The average Bonchev–Trinajstić information content (AvgIpc) is 2.34. The molecule has 0 aliphatic carbocycles. The number of rotatable bonds is 5. The summed E-state index contributed by atoms with van der Waals surface area (Å²) in [4.78, 5) is 33.3. The average molecular weight is 291 g/mol. The van der Waals surface area contributed by atoms with Gasteiger partial charge in [0.1, 0.15) is 11.6 Å². The first kappa shape index (κ1) is 20.5. The van der Waals surface area contributed by atoms with Crippen LogP contribution in [0.1, 0.15) is 33.6 Å². The van der Waals surface area contributed by atoms with Crippen LogP contribution in [0.2, 0.25) is 0 Å². The number of nitrogens with two attached hydrogens (primary N) is 1. The molecule has 1 atom stereocenters. The predicted octanol–water partition coefficient (Wildman–Crippen LogP) is 0.0654. The van der Waals surface area contributed by atoms with E-state index in [2.05, 4.69) is 16.4 Å². The second-order valence-corrected chi connectivity index (χ2v) is 4.74. The highest BCUT2D eigenvalue weighted by Gasteiger charge is 2.22. The molecule has 20 heavy (non-hydrogen) atoms. The summed E-state index contributed by atoms with van der Waals surface area (Å²) in [5, 5.41) is 13.3. The zero-order valence-electron chi connectivity index (χ0n) is 12.6. The van der Waals surface area contributed by atoms with E-state index in [1.165, 1.54) is 14.1 Å². The first-order valence-corrected chi connectivity index (χ1v) is 6.16. The van der Waals surface area contributed by atoms with E-state index in [0.29, 0.717) is 0 Å². The Morgan fingerprint density at radius 3 is 2.10 bits per heavy atom. The Balaban J connectivity index is 0. The van der Waals surface area contributed by atoms with E-state index in [1.54, 1.807) is 20.8 Å². The van der Waals surface area contributed by atoms with Gasteiger partial charge in [-0.1, -0.05) is 0 Å². The lowest BCUT2D eigenvalue weighted by Gasteiger charge is -2.20. The first-order valence-electron chi connectivity index (χ1n) is 6.16. The number of esters is 1. The third-order valence-electron chi connectivity index (χ3n) is 1.89. The highest BCUT2D eigenvalue weighted by molar-refractivity contribution is 5.82. The standard InChI is InChI=1S/C11H20N2O5.CH5N/c1-11(2,3)18-8(14)6-5-7(9(15)16)13-10(17)12-4;1-2/h7H,5-6H2,1-4H3,(H,15,16)(H2,12,13,17);2H2,1H3. The number of carboxylic acids is 1. The smallest absolute Gasteiger partial charge is 0.326 e. The molecule has 0 aromatic rings. The summed E-state index contributed by atoms with van der Waals surface area (Å²) in [7, 11) is 2.88. The molecule has 8 heteroatoms. The van der Waals surface area contributed by atoms with E-state index in [-0.39, 0.29) is 12.8 Å². The van der Waals surface area contributed by atoms with Crippen molar-refractivity contribution in [1.29, 1.82) is 0 Å². The van der Waals surface area contributed by atoms with Gasteiger partial charge in [-0.15, -0.1) is 0 Å². The maximum Gasteiger partial charge on any atom is 0.326 e. The van der Waals surface area contributed by atoms with Crippen LogP contribution >= 0.6 is 0 Å². The van der Waals surface area contributed by atoms with Crippen molar-refractivity contribution in [3.63, 3.8) is 0 Å². The van der Waals surface area contributed by atoms with E-state index in [9.17, 15) is 14.4 Å². The van der Waals surface area contributed by atoms with Crippen LogP contribution in [0, 0.1) is 0 Å². The molecule has 0 saturated carbocycles. The van der Waals surface area contributed by atoms with Crippen LogP contribution in [0.5, 0.6) is 0 Å². The Bertz CT molecular complexity index is 326. The Kier molecular flexibility index (Phi) is 10.3. The van der Waals surface area contributed by atoms with E-state index < -0.39 is 29.6 Å². The van der Waals surface area contributed by atoms with Gasteiger partial charge in [-0.05, 0) is 34.2 Å². The maximum absolute atomic E-state index is 11.4. The van der Waals surface area contributed by atoms with Gasteiger partial charge in [0.05, 0.1) is 0 Å². The van der Waals surface area contributed by atoms with Crippen LogP contribution in [-0.4, -0.2) is 48.8 Å². The van der Waals surface area contributed by atoms with Crippen molar-refractivity contribution in [3.8, 4) is 0 Å². The Hall–Kier alpha value is -1.83. The first-order chi connectivity index (χ1) is 9.15. The number of carboxylic acid groups (broad SMARTS) is 1. The van der Waals surface area contributed by atoms with Gasteiger partial charge in [-0.2, -0.15) is 0 Å². The fourth-order valence-electron chi connectivity index (χ4n) is 1.14. The van der Waals surface area contributed by atoms with Crippen LogP contribution < -0.4 is 16.4 Å². The Morgan fingerprint density at radius 2 is 1.75 bits per heavy atom. The lowest BCUT2D eigenvalue weighted by molar-refractivity contribution is -0.155. The second kappa shape index (κ2) is 10.0. The van der Waals surface area contributed by atoms with Crippen molar-refractivity contribution in [3.05, 3.63) is 0 Å². The molecule has 0 aromatic heterocycles. The van der Waals surface area contributed by atoms with Crippen molar-refractivity contribution in [2.24, 2.45) is 5.73 Å². The molecule has 0 aromatic carbocycles. The molecule has 0 aliphatic rings. The van der Waals surface area contributed by atoms with E-state index in [0.717, 1.165) is 0 Å². The van der Waals surface area contributed by atoms with Gasteiger partial charge in [0, 0.05) is 13.5 Å². The normalized spacial score (nSPS) is 11.5.